The number of esters is 1. The summed E-state index contributed by atoms with van der Waals surface area (Å²) < 4.78 is 24.4. The monoisotopic (exact) mass is 324 g/mol. The SMILES string of the molecule is COC(=O)c1ccccc1Oc1ccc(Br)cc1F. The average Bonchev–Trinajstić information content (AvgIpc) is 2.41. The van der Waals surface area contributed by atoms with Crippen LogP contribution in [-0.2, 0) is 4.74 Å². The maximum atomic E-state index is 13.7. The minimum absolute atomic E-state index is 0.0413. The molecule has 0 aromatic heterocycles. The van der Waals surface area contributed by atoms with Crippen molar-refractivity contribution >= 4 is 21.9 Å². The van der Waals surface area contributed by atoms with Gasteiger partial charge in [0.25, 0.3) is 0 Å². The third-order valence-corrected chi connectivity index (χ3v) is 2.90. The number of methoxy groups -OCH3 is 1. The van der Waals surface area contributed by atoms with E-state index in [0.29, 0.717) is 4.47 Å². The molecule has 0 aliphatic heterocycles. The number of rotatable bonds is 3. The number of halogens is 2. The zero-order valence-corrected chi connectivity index (χ0v) is 11.6. The Morgan fingerprint density at radius 2 is 1.89 bits per heavy atom. The predicted octanol–water partition coefficient (Wildman–Crippen LogP) is 4.17. The largest absolute Gasteiger partial charge is 0.465 e. The van der Waals surface area contributed by atoms with Crippen molar-refractivity contribution in [3.63, 3.8) is 0 Å². The quantitative estimate of drug-likeness (QED) is 0.795. The van der Waals surface area contributed by atoms with Gasteiger partial charge in [-0.25, -0.2) is 9.18 Å². The number of para-hydroxylation sites is 1. The van der Waals surface area contributed by atoms with Crippen molar-refractivity contribution < 1.29 is 18.7 Å². The van der Waals surface area contributed by atoms with Crippen LogP contribution in [0.5, 0.6) is 11.5 Å². The third kappa shape index (κ3) is 3.12. The Hall–Kier alpha value is -1.88. The molecule has 0 aliphatic carbocycles. The van der Waals surface area contributed by atoms with E-state index < -0.39 is 11.8 Å². The van der Waals surface area contributed by atoms with Crippen LogP contribution in [0.25, 0.3) is 0 Å². The molecule has 0 saturated heterocycles. The normalized spacial score (nSPS) is 10.1. The zero-order valence-electron chi connectivity index (χ0n) is 10.0. The van der Waals surface area contributed by atoms with Gasteiger partial charge in [-0.05, 0) is 30.3 Å². The Balaban J connectivity index is 2.35. The highest BCUT2D eigenvalue weighted by Gasteiger charge is 2.14. The lowest BCUT2D eigenvalue weighted by atomic mass is 10.2. The summed E-state index contributed by atoms with van der Waals surface area (Å²) in [6.45, 7) is 0. The van der Waals surface area contributed by atoms with E-state index in [1.54, 1.807) is 30.3 Å². The highest BCUT2D eigenvalue weighted by molar-refractivity contribution is 9.10. The van der Waals surface area contributed by atoms with Crippen molar-refractivity contribution in [1.29, 1.82) is 0 Å². The van der Waals surface area contributed by atoms with E-state index in [9.17, 15) is 9.18 Å². The first-order valence-electron chi connectivity index (χ1n) is 5.42. The fraction of sp³-hybridized carbons (Fsp3) is 0.0714. The van der Waals surface area contributed by atoms with E-state index in [-0.39, 0.29) is 17.1 Å². The standard InChI is InChI=1S/C14H10BrFO3/c1-18-14(17)10-4-2-3-5-12(10)19-13-7-6-9(15)8-11(13)16/h2-8H,1H3. The van der Waals surface area contributed by atoms with Crippen LogP contribution >= 0.6 is 15.9 Å². The number of hydrogen-bond donors (Lipinski definition) is 0. The average molecular weight is 325 g/mol. The van der Waals surface area contributed by atoms with Crippen molar-refractivity contribution in [2.75, 3.05) is 7.11 Å². The van der Waals surface area contributed by atoms with Gasteiger partial charge in [-0.1, -0.05) is 28.1 Å². The summed E-state index contributed by atoms with van der Waals surface area (Å²) in [4.78, 5) is 11.6. The smallest absolute Gasteiger partial charge is 0.341 e. The van der Waals surface area contributed by atoms with E-state index in [0.717, 1.165) is 0 Å². The van der Waals surface area contributed by atoms with Gasteiger partial charge in [0.05, 0.1) is 7.11 Å². The topological polar surface area (TPSA) is 35.5 Å². The van der Waals surface area contributed by atoms with Gasteiger partial charge in [-0.2, -0.15) is 0 Å². The molecule has 2 rings (SSSR count). The minimum Gasteiger partial charge on any atom is -0.465 e. The van der Waals surface area contributed by atoms with Crippen molar-refractivity contribution in [2.24, 2.45) is 0 Å². The first-order chi connectivity index (χ1) is 9.11. The summed E-state index contributed by atoms with van der Waals surface area (Å²) in [5.41, 5.74) is 0.243. The van der Waals surface area contributed by atoms with Gasteiger partial charge in [0, 0.05) is 4.47 Å². The lowest BCUT2D eigenvalue weighted by Gasteiger charge is -2.10. The maximum absolute atomic E-state index is 13.7. The molecule has 0 saturated carbocycles. The van der Waals surface area contributed by atoms with Crippen LogP contribution in [0.2, 0.25) is 0 Å². The Kier molecular flexibility index (Phi) is 4.16. The number of hydrogen-bond acceptors (Lipinski definition) is 3. The zero-order chi connectivity index (χ0) is 13.8. The Bertz CT molecular complexity index is 613. The van der Waals surface area contributed by atoms with E-state index >= 15 is 0 Å². The van der Waals surface area contributed by atoms with Crippen LogP contribution in [0.4, 0.5) is 4.39 Å². The summed E-state index contributed by atoms with van der Waals surface area (Å²) in [6.07, 6.45) is 0. The summed E-state index contributed by atoms with van der Waals surface area (Å²) >= 11 is 3.16. The van der Waals surface area contributed by atoms with Crippen LogP contribution in [0, 0.1) is 5.82 Å². The molecule has 0 atom stereocenters. The molecular weight excluding hydrogens is 315 g/mol. The van der Waals surface area contributed by atoms with Crippen LogP contribution in [0.15, 0.2) is 46.9 Å². The Morgan fingerprint density at radius 1 is 1.16 bits per heavy atom. The molecule has 0 N–H and O–H groups in total. The van der Waals surface area contributed by atoms with Crippen LogP contribution in [0.1, 0.15) is 10.4 Å². The van der Waals surface area contributed by atoms with Crippen molar-refractivity contribution in [1.82, 2.24) is 0 Å². The van der Waals surface area contributed by atoms with E-state index in [4.69, 9.17) is 4.74 Å². The molecule has 19 heavy (non-hydrogen) atoms. The van der Waals surface area contributed by atoms with Gasteiger partial charge >= 0.3 is 5.97 Å². The minimum atomic E-state index is -0.534. The lowest BCUT2D eigenvalue weighted by molar-refractivity contribution is 0.0598. The molecule has 3 nitrogen and oxygen atoms in total. The Labute approximate surface area is 118 Å². The van der Waals surface area contributed by atoms with E-state index in [1.807, 2.05) is 0 Å². The number of benzene rings is 2. The molecule has 0 unspecified atom stereocenters. The third-order valence-electron chi connectivity index (χ3n) is 2.41. The molecule has 2 aromatic carbocycles. The van der Waals surface area contributed by atoms with Gasteiger partial charge in [0.2, 0.25) is 0 Å². The van der Waals surface area contributed by atoms with Crippen LogP contribution < -0.4 is 4.74 Å². The number of carbonyl (C=O) groups is 1. The van der Waals surface area contributed by atoms with Crippen LogP contribution in [0.3, 0.4) is 0 Å². The first-order valence-corrected chi connectivity index (χ1v) is 6.21. The molecule has 0 aliphatic rings. The maximum Gasteiger partial charge on any atom is 0.341 e. The molecule has 2 aromatic rings. The number of carbonyl (C=O) groups excluding carboxylic acids is 1. The summed E-state index contributed by atoms with van der Waals surface area (Å²) in [7, 11) is 1.28. The second kappa shape index (κ2) is 5.84. The van der Waals surface area contributed by atoms with Gasteiger partial charge in [-0.15, -0.1) is 0 Å². The van der Waals surface area contributed by atoms with Crippen molar-refractivity contribution in [3.05, 3.63) is 58.3 Å². The van der Waals surface area contributed by atoms with E-state index in [1.165, 1.54) is 19.2 Å². The summed E-state index contributed by atoms with van der Waals surface area (Å²) in [5, 5.41) is 0. The molecule has 0 heterocycles. The molecular formula is C14H10BrFO3. The summed E-state index contributed by atoms with van der Waals surface area (Å²) in [6, 6.07) is 10.9. The second-order valence-electron chi connectivity index (χ2n) is 3.66. The van der Waals surface area contributed by atoms with Gasteiger partial charge in [0.15, 0.2) is 11.6 Å². The van der Waals surface area contributed by atoms with Crippen molar-refractivity contribution in [2.45, 2.75) is 0 Å². The Morgan fingerprint density at radius 3 is 2.58 bits per heavy atom. The predicted molar refractivity (Wildman–Crippen MR) is 72.0 cm³/mol. The molecule has 0 amide bonds. The fourth-order valence-electron chi connectivity index (χ4n) is 1.51. The van der Waals surface area contributed by atoms with Gasteiger partial charge < -0.3 is 9.47 Å². The molecule has 0 fully saturated rings. The van der Waals surface area contributed by atoms with Crippen molar-refractivity contribution in [3.8, 4) is 11.5 Å². The van der Waals surface area contributed by atoms with Gasteiger partial charge in [-0.3, -0.25) is 0 Å². The summed E-state index contributed by atoms with van der Waals surface area (Å²) in [5.74, 6) is -0.766. The van der Waals surface area contributed by atoms with Crippen LogP contribution in [-0.4, -0.2) is 13.1 Å². The molecule has 98 valence electrons. The molecule has 5 heteroatoms. The number of ether oxygens (including phenoxy) is 2. The highest BCUT2D eigenvalue weighted by atomic mass is 79.9. The molecule has 0 radical (unpaired) electrons. The van der Waals surface area contributed by atoms with E-state index in [2.05, 4.69) is 20.7 Å². The molecule has 0 bridgehead atoms. The second-order valence-corrected chi connectivity index (χ2v) is 4.58. The first kappa shape index (κ1) is 13.5. The molecule has 0 spiro atoms. The fourth-order valence-corrected chi connectivity index (χ4v) is 1.84. The lowest BCUT2D eigenvalue weighted by Crippen LogP contribution is -2.03. The van der Waals surface area contributed by atoms with Gasteiger partial charge in [0.1, 0.15) is 11.3 Å². The highest BCUT2D eigenvalue weighted by Crippen LogP contribution is 2.29.